The van der Waals surface area contributed by atoms with Gasteiger partial charge in [-0.1, -0.05) is 0 Å². The van der Waals surface area contributed by atoms with Gasteiger partial charge in [-0.2, -0.15) is 0 Å². The van der Waals surface area contributed by atoms with Gasteiger partial charge >= 0.3 is 0 Å². The van der Waals surface area contributed by atoms with Crippen molar-refractivity contribution in [3.8, 4) is 5.69 Å². The zero-order chi connectivity index (χ0) is 21.3. The molecule has 0 saturated heterocycles. The van der Waals surface area contributed by atoms with E-state index in [-0.39, 0.29) is 11.6 Å². The predicted molar refractivity (Wildman–Crippen MR) is 119 cm³/mol. The average Bonchev–Trinajstić information content (AvgIpc) is 3.17. The van der Waals surface area contributed by atoms with E-state index in [0.29, 0.717) is 11.3 Å². The van der Waals surface area contributed by atoms with Gasteiger partial charge in [0, 0.05) is 60.4 Å². The zero-order valence-electron chi connectivity index (χ0n) is 16.6. The third kappa shape index (κ3) is 3.73. The topological polar surface area (TPSA) is 80.4 Å². The molecule has 1 amide bonds. The Bertz CT molecular complexity index is 1230. The van der Waals surface area contributed by atoms with Crippen LogP contribution in [-0.4, -0.2) is 29.5 Å². The molecule has 0 radical (unpaired) electrons. The minimum atomic E-state index is -0.416. The number of non-ortho nitro benzene ring substituents is 1. The second kappa shape index (κ2) is 7.71. The second-order valence-electron chi connectivity index (χ2n) is 7.13. The molecule has 150 valence electrons. The Hall–Kier alpha value is -4.13. The fourth-order valence-electron chi connectivity index (χ4n) is 3.29. The molecule has 4 rings (SSSR count). The third-order valence-electron chi connectivity index (χ3n) is 4.93. The normalized spacial score (nSPS) is 10.7. The van der Waals surface area contributed by atoms with Crippen LogP contribution < -0.4 is 10.2 Å². The fourth-order valence-corrected chi connectivity index (χ4v) is 3.29. The number of carbonyl (C=O) groups is 1. The van der Waals surface area contributed by atoms with E-state index in [1.807, 2.05) is 66.2 Å². The van der Waals surface area contributed by atoms with Crippen molar-refractivity contribution in [1.82, 2.24) is 4.57 Å². The largest absolute Gasteiger partial charge is 0.378 e. The molecule has 4 aromatic rings. The predicted octanol–water partition coefficient (Wildman–Crippen LogP) is 4.86. The number of rotatable bonds is 5. The monoisotopic (exact) mass is 400 g/mol. The number of benzene rings is 3. The van der Waals surface area contributed by atoms with Gasteiger partial charge in [0.1, 0.15) is 0 Å². The van der Waals surface area contributed by atoms with Crippen molar-refractivity contribution in [3.63, 3.8) is 0 Å². The highest BCUT2D eigenvalue weighted by molar-refractivity contribution is 6.05. The number of hydrogen-bond donors (Lipinski definition) is 1. The Balaban J connectivity index is 1.55. The summed E-state index contributed by atoms with van der Waals surface area (Å²) in [4.78, 5) is 25.0. The van der Waals surface area contributed by atoms with E-state index in [9.17, 15) is 14.9 Å². The van der Waals surface area contributed by atoms with Gasteiger partial charge in [-0.3, -0.25) is 14.9 Å². The third-order valence-corrected chi connectivity index (χ3v) is 4.93. The van der Waals surface area contributed by atoms with Crippen molar-refractivity contribution >= 4 is 33.9 Å². The number of carbonyl (C=O) groups excluding carboxylic acids is 1. The van der Waals surface area contributed by atoms with Crippen LogP contribution in [0.3, 0.4) is 0 Å². The molecule has 0 atom stereocenters. The standard InChI is InChI=1S/C23H20N4O3/c1-25(2)19-6-3-16(4-7-19)23(28)24-18-5-12-22-17(15-18)13-14-26(22)20-8-10-21(11-9-20)27(29)30/h3-15H,1-2H3,(H,24,28). The molecule has 7 heteroatoms. The Labute approximate surface area is 173 Å². The van der Waals surface area contributed by atoms with Crippen LogP contribution in [0.15, 0.2) is 79.0 Å². The van der Waals surface area contributed by atoms with Crippen molar-refractivity contribution in [2.24, 2.45) is 0 Å². The minimum absolute atomic E-state index is 0.0545. The van der Waals surface area contributed by atoms with E-state index in [2.05, 4.69) is 5.32 Å². The zero-order valence-corrected chi connectivity index (χ0v) is 16.6. The molecule has 0 aliphatic heterocycles. The molecule has 0 aliphatic rings. The Morgan fingerprint density at radius 1 is 0.967 bits per heavy atom. The molecule has 7 nitrogen and oxygen atoms in total. The second-order valence-corrected chi connectivity index (χ2v) is 7.13. The molecule has 0 saturated carbocycles. The maximum atomic E-state index is 12.6. The van der Waals surface area contributed by atoms with Crippen LogP contribution in [0.25, 0.3) is 16.6 Å². The maximum Gasteiger partial charge on any atom is 0.269 e. The number of nitro benzene ring substituents is 1. The Morgan fingerprint density at radius 3 is 2.30 bits per heavy atom. The smallest absolute Gasteiger partial charge is 0.269 e. The minimum Gasteiger partial charge on any atom is -0.378 e. The van der Waals surface area contributed by atoms with Crippen LogP contribution in [-0.2, 0) is 0 Å². The molecule has 0 fully saturated rings. The quantitative estimate of drug-likeness (QED) is 0.383. The molecule has 0 aliphatic carbocycles. The van der Waals surface area contributed by atoms with Gasteiger partial charge in [0.05, 0.1) is 10.4 Å². The number of anilines is 2. The first-order valence-corrected chi connectivity index (χ1v) is 9.37. The van der Waals surface area contributed by atoms with Crippen LogP contribution in [0.4, 0.5) is 17.1 Å². The van der Waals surface area contributed by atoms with E-state index in [0.717, 1.165) is 22.3 Å². The van der Waals surface area contributed by atoms with Gasteiger partial charge in [-0.05, 0) is 60.7 Å². The average molecular weight is 400 g/mol. The van der Waals surface area contributed by atoms with Gasteiger partial charge in [0.25, 0.3) is 11.6 Å². The molecule has 1 aromatic heterocycles. The lowest BCUT2D eigenvalue weighted by Gasteiger charge is -2.12. The van der Waals surface area contributed by atoms with Crippen molar-refractivity contribution in [1.29, 1.82) is 0 Å². The van der Waals surface area contributed by atoms with E-state index >= 15 is 0 Å². The van der Waals surface area contributed by atoms with Crippen LogP contribution in [0, 0.1) is 10.1 Å². The van der Waals surface area contributed by atoms with E-state index in [4.69, 9.17) is 0 Å². The molecule has 0 unspecified atom stereocenters. The first kappa shape index (κ1) is 19.2. The SMILES string of the molecule is CN(C)c1ccc(C(=O)Nc2ccc3c(ccn3-c3ccc([N+](=O)[O-])cc3)c2)cc1. The molecule has 0 spiro atoms. The van der Waals surface area contributed by atoms with E-state index in [1.54, 1.807) is 24.3 Å². The lowest BCUT2D eigenvalue weighted by atomic mass is 10.1. The van der Waals surface area contributed by atoms with Crippen LogP contribution >= 0.6 is 0 Å². The van der Waals surface area contributed by atoms with Gasteiger partial charge in [-0.25, -0.2) is 0 Å². The lowest BCUT2D eigenvalue weighted by Crippen LogP contribution is -2.13. The van der Waals surface area contributed by atoms with Gasteiger partial charge in [0.2, 0.25) is 0 Å². The molecular formula is C23H20N4O3. The summed E-state index contributed by atoms with van der Waals surface area (Å²) in [7, 11) is 3.90. The number of nitro groups is 1. The van der Waals surface area contributed by atoms with Crippen molar-refractivity contribution in [2.45, 2.75) is 0 Å². The van der Waals surface area contributed by atoms with Crippen LogP contribution in [0.2, 0.25) is 0 Å². The number of fused-ring (bicyclic) bond motifs is 1. The highest BCUT2D eigenvalue weighted by Crippen LogP contribution is 2.25. The molecule has 0 bridgehead atoms. The van der Waals surface area contributed by atoms with Gasteiger partial charge in [0.15, 0.2) is 0 Å². The summed E-state index contributed by atoms with van der Waals surface area (Å²) < 4.78 is 1.95. The first-order valence-electron chi connectivity index (χ1n) is 9.37. The van der Waals surface area contributed by atoms with E-state index in [1.165, 1.54) is 12.1 Å². The van der Waals surface area contributed by atoms with Crippen LogP contribution in [0.1, 0.15) is 10.4 Å². The van der Waals surface area contributed by atoms with Gasteiger partial charge in [-0.15, -0.1) is 0 Å². The first-order chi connectivity index (χ1) is 14.4. The summed E-state index contributed by atoms with van der Waals surface area (Å²) in [6.07, 6.45) is 1.90. The highest BCUT2D eigenvalue weighted by Gasteiger charge is 2.10. The molecule has 1 heterocycles. The summed E-state index contributed by atoms with van der Waals surface area (Å²) in [5, 5.41) is 14.7. The van der Waals surface area contributed by atoms with Crippen molar-refractivity contribution < 1.29 is 9.72 Å². The summed E-state index contributed by atoms with van der Waals surface area (Å²) >= 11 is 0. The highest BCUT2D eigenvalue weighted by atomic mass is 16.6. The summed E-state index contributed by atoms with van der Waals surface area (Å²) in [5.74, 6) is -0.172. The number of nitrogens with one attached hydrogen (secondary N) is 1. The molecule has 3 aromatic carbocycles. The Kier molecular flexibility index (Phi) is 4.93. The fraction of sp³-hybridized carbons (Fsp3) is 0.0870. The number of nitrogens with zero attached hydrogens (tertiary/aromatic N) is 3. The number of aromatic nitrogens is 1. The summed E-state index contributed by atoms with van der Waals surface area (Å²) in [6, 6.07) is 21.4. The van der Waals surface area contributed by atoms with Crippen LogP contribution in [0.5, 0.6) is 0 Å². The van der Waals surface area contributed by atoms with Gasteiger partial charge < -0.3 is 14.8 Å². The molecule has 1 N–H and O–H groups in total. The summed E-state index contributed by atoms with van der Waals surface area (Å²) in [6.45, 7) is 0. The van der Waals surface area contributed by atoms with E-state index < -0.39 is 4.92 Å². The number of hydrogen-bond acceptors (Lipinski definition) is 4. The van der Waals surface area contributed by atoms with Crippen molar-refractivity contribution in [3.05, 3.63) is 94.7 Å². The Morgan fingerprint density at radius 2 is 1.67 bits per heavy atom. The molecular weight excluding hydrogens is 380 g/mol. The molecule has 30 heavy (non-hydrogen) atoms. The van der Waals surface area contributed by atoms with Crippen molar-refractivity contribution in [2.75, 3.05) is 24.3 Å². The summed E-state index contributed by atoms with van der Waals surface area (Å²) in [5.41, 5.74) is 4.14. The number of amides is 1. The lowest BCUT2D eigenvalue weighted by molar-refractivity contribution is -0.384. The maximum absolute atomic E-state index is 12.6.